The van der Waals surface area contributed by atoms with Crippen LogP contribution >= 0.6 is 0 Å². The number of piperazine rings is 1. The minimum Gasteiger partial charge on any atom is -0.314 e. The molecule has 2 aliphatic rings. The van der Waals surface area contributed by atoms with Crippen LogP contribution in [0, 0.1) is 5.92 Å². The molecule has 2 nitrogen and oxygen atoms in total. The van der Waals surface area contributed by atoms with E-state index < -0.39 is 0 Å². The molecular weight excluding hydrogens is 244 g/mol. The minimum absolute atomic E-state index is 0.575. The second kappa shape index (κ2) is 6.73. The summed E-state index contributed by atoms with van der Waals surface area (Å²) in [6.07, 6.45) is 7.06. The highest BCUT2D eigenvalue weighted by atomic mass is 15.2. The molecule has 0 aromatic heterocycles. The van der Waals surface area contributed by atoms with Crippen molar-refractivity contribution in [3.63, 3.8) is 0 Å². The Labute approximate surface area is 123 Å². The normalized spacial score (nSPS) is 32.1. The molecule has 0 spiro atoms. The lowest BCUT2D eigenvalue weighted by atomic mass is 9.82. The summed E-state index contributed by atoms with van der Waals surface area (Å²) in [7, 11) is 0. The lowest BCUT2D eigenvalue weighted by Crippen LogP contribution is -2.51. The zero-order valence-corrected chi connectivity index (χ0v) is 12.7. The van der Waals surface area contributed by atoms with Crippen LogP contribution in [-0.2, 0) is 0 Å². The molecule has 1 aliphatic heterocycles. The van der Waals surface area contributed by atoms with Gasteiger partial charge in [-0.2, -0.15) is 0 Å². The van der Waals surface area contributed by atoms with Gasteiger partial charge in [0.05, 0.1) is 0 Å². The minimum atomic E-state index is 0.575. The van der Waals surface area contributed by atoms with Gasteiger partial charge in [0.25, 0.3) is 0 Å². The van der Waals surface area contributed by atoms with Gasteiger partial charge in [-0.15, -0.1) is 0 Å². The van der Waals surface area contributed by atoms with Gasteiger partial charge in [0.2, 0.25) is 0 Å². The fourth-order valence-corrected chi connectivity index (χ4v) is 4.08. The van der Waals surface area contributed by atoms with Gasteiger partial charge in [-0.25, -0.2) is 0 Å². The van der Waals surface area contributed by atoms with Crippen molar-refractivity contribution in [2.24, 2.45) is 5.92 Å². The Morgan fingerprint density at radius 1 is 1.20 bits per heavy atom. The summed E-state index contributed by atoms with van der Waals surface area (Å²) in [5.74, 6) is 0.958. The van der Waals surface area contributed by atoms with Crippen LogP contribution in [-0.4, -0.2) is 30.6 Å². The van der Waals surface area contributed by atoms with E-state index in [0.29, 0.717) is 6.04 Å². The van der Waals surface area contributed by atoms with Gasteiger partial charge in [0.15, 0.2) is 0 Å². The Bertz CT molecular complexity index is 403. The van der Waals surface area contributed by atoms with Crippen LogP contribution in [0.5, 0.6) is 0 Å². The molecule has 0 bridgehead atoms. The van der Waals surface area contributed by atoms with Crippen LogP contribution < -0.4 is 5.32 Å². The average Bonchev–Trinajstić information content (AvgIpc) is 2.56. The molecule has 1 aromatic carbocycles. The maximum atomic E-state index is 3.59. The first-order valence-corrected chi connectivity index (χ1v) is 8.40. The van der Waals surface area contributed by atoms with E-state index in [2.05, 4.69) is 47.5 Å². The lowest BCUT2D eigenvalue weighted by Gasteiger charge is -2.44. The van der Waals surface area contributed by atoms with Crippen molar-refractivity contribution in [1.82, 2.24) is 10.2 Å². The quantitative estimate of drug-likeness (QED) is 0.904. The van der Waals surface area contributed by atoms with E-state index in [0.717, 1.165) is 25.0 Å². The maximum Gasteiger partial charge on any atom is 0.0476 e. The number of nitrogens with one attached hydrogen (secondary N) is 1. The fourth-order valence-electron chi connectivity index (χ4n) is 4.08. The van der Waals surface area contributed by atoms with Crippen molar-refractivity contribution in [2.45, 2.75) is 51.1 Å². The van der Waals surface area contributed by atoms with Crippen molar-refractivity contribution in [3.8, 4) is 0 Å². The van der Waals surface area contributed by atoms with E-state index in [9.17, 15) is 0 Å². The highest BCUT2D eigenvalue weighted by Crippen LogP contribution is 2.34. The fraction of sp³-hybridized carbons (Fsp3) is 0.667. The van der Waals surface area contributed by atoms with Crippen molar-refractivity contribution in [1.29, 1.82) is 0 Å². The molecule has 110 valence electrons. The Kier molecular flexibility index (Phi) is 4.74. The van der Waals surface area contributed by atoms with E-state index >= 15 is 0 Å². The molecule has 1 saturated heterocycles. The molecule has 3 atom stereocenters. The predicted molar refractivity (Wildman–Crippen MR) is 84.8 cm³/mol. The number of benzene rings is 1. The topological polar surface area (TPSA) is 15.3 Å². The third kappa shape index (κ3) is 3.07. The summed E-state index contributed by atoms with van der Waals surface area (Å²) < 4.78 is 0. The van der Waals surface area contributed by atoms with Crippen LogP contribution in [0.3, 0.4) is 0 Å². The second-order valence-corrected chi connectivity index (χ2v) is 6.46. The SMILES string of the molecule is CCC1CCCC(N2CCNCC2c2ccccc2)C1. The molecule has 2 heteroatoms. The third-order valence-electron chi connectivity index (χ3n) is 5.27. The van der Waals surface area contributed by atoms with Crippen molar-refractivity contribution >= 4 is 0 Å². The molecule has 0 amide bonds. The predicted octanol–water partition coefficient (Wildman–Crippen LogP) is 3.60. The summed E-state index contributed by atoms with van der Waals surface area (Å²) >= 11 is 0. The van der Waals surface area contributed by atoms with E-state index in [1.165, 1.54) is 44.2 Å². The van der Waals surface area contributed by atoms with Crippen LogP contribution in [0.15, 0.2) is 30.3 Å². The first-order chi connectivity index (χ1) is 9.88. The van der Waals surface area contributed by atoms with Gasteiger partial charge < -0.3 is 5.32 Å². The van der Waals surface area contributed by atoms with Gasteiger partial charge in [0.1, 0.15) is 0 Å². The van der Waals surface area contributed by atoms with Crippen molar-refractivity contribution < 1.29 is 0 Å². The van der Waals surface area contributed by atoms with E-state index in [-0.39, 0.29) is 0 Å². The molecule has 1 saturated carbocycles. The zero-order chi connectivity index (χ0) is 13.8. The highest BCUT2D eigenvalue weighted by molar-refractivity contribution is 5.20. The first-order valence-electron chi connectivity index (χ1n) is 8.40. The van der Waals surface area contributed by atoms with Gasteiger partial charge in [-0.3, -0.25) is 4.90 Å². The zero-order valence-electron chi connectivity index (χ0n) is 12.7. The average molecular weight is 272 g/mol. The molecule has 1 N–H and O–H groups in total. The molecule has 1 heterocycles. The molecule has 0 radical (unpaired) electrons. The molecule has 1 aliphatic carbocycles. The maximum absolute atomic E-state index is 3.59. The summed E-state index contributed by atoms with van der Waals surface area (Å²) in [6, 6.07) is 12.5. The molecule has 3 rings (SSSR count). The molecule has 2 fully saturated rings. The monoisotopic (exact) mass is 272 g/mol. The Morgan fingerprint density at radius 3 is 2.85 bits per heavy atom. The standard InChI is InChI=1S/C18H28N2/c1-2-15-7-6-10-17(13-15)20-12-11-19-14-18(20)16-8-4-3-5-9-16/h3-5,8-9,15,17-19H,2,6-7,10-14H2,1H3. The summed E-state index contributed by atoms with van der Waals surface area (Å²) in [6.45, 7) is 5.83. The van der Waals surface area contributed by atoms with Crippen LogP contribution in [0.1, 0.15) is 50.6 Å². The van der Waals surface area contributed by atoms with E-state index in [1.807, 2.05) is 0 Å². The third-order valence-corrected chi connectivity index (χ3v) is 5.27. The van der Waals surface area contributed by atoms with Gasteiger partial charge >= 0.3 is 0 Å². The molecule has 1 aromatic rings. The van der Waals surface area contributed by atoms with E-state index in [1.54, 1.807) is 0 Å². The number of rotatable bonds is 3. The summed E-state index contributed by atoms with van der Waals surface area (Å²) in [5, 5.41) is 3.59. The summed E-state index contributed by atoms with van der Waals surface area (Å²) in [4.78, 5) is 2.80. The van der Waals surface area contributed by atoms with Crippen molar-refractivity contribution in [3.05, 3.63) is 35.9 Å². The number of nitrogens with zero attached hydrogens (tertiary/aromatic N) is 1. The Morgan fingerprint density at radius 2 is 2.05 bits per heavy atom. The smallest absolute Gasteiger partial charge is 0.0476 e. The van der Waals surface area contributed by atoms with Crippen LogP contribution in [0.2, 0.25) is 0 Å². The van der Waals surface area contributed by atoms with Crippen molar-refractivity contribution in [2.75, 3.05) is 19.6 Å². The molecular formula is C18H28N2. The number of hydrogen-bond acceptors (Lipinski definition) is 2. The Hall–Kier alpha value is -0.860. The first kappa shape index (κ1) is 14.1. The van der Waals surface area contributed by atoms with Gasteiger partial charge in [-0.05, 0) is 24.3 Å². The second-order valence-electron chi connectivity index (χ2n) is 6.46. The highest BCUT2D eigenvalue weighted by Gasteiger charge is 2.32. The van der Waals surface area contributed by atoms with Crippen LogP contribution in [0.25, 0.3) is 0 Å². The van der Waals surface area contributed by atoms with Gasteiger partial charge in [0, 0.05) is 31.7 Å². The van der Waals surface area contributed by atoms with Crippen LogP contribution in [0.4, 0.5) is 0 Å². The summed E-state index contributed by atoms with van der Waals surface area (Å²) in [5.41, 5.74) is 1.48. The largest absolute Gasteiger partial charge is 0.314 e. The number of hydrogen-bond donors (Lipinski definition) is 1. The molecule has 20 heavy (non-hydrogen) atoms. The Balaban J connectivity index is 1.75. The van der Waals surface area contributed by atoms with Gasteiger partial charge in [-0.1, -0.05) is 56.5 Å². The van der Waals surface area contributed by atoms with E-state index in [4.69, 9.17) is 0 Å². The molecule has 3 unspecified atom stereocenters. The lowest BCUT2D eigenvalue weighted by molar-refractivity contribution is 0.0657.